The topological polar surface area (TPSA) is 69.7 Å². The average molecular weight is 666 g/mol. The molecular formula is C40H74O5P+. The Balaban J connectivity index is 4.14. The molecule has 0 rings (SSSR count). The first-order valence-electron chi connectivity index (χ1n) is 18.9. The predicted octanol–water partition coefficient (Wildman–Crippen LogP) is 13.5. The second-order valence-corrected chi connectivity index (χ2v) is 16.6. The minimum atomic E-state index is -2.85. The highest BCUT2D eigenvalue weighted by molar-refractivity contribution is 7.34. The van der Waals surface area contributed by atoms with Gasteiger partial charge in [0.2, 0.25) is 0 Å². The molecule has 0 aromatic rings. The van der Waals surface area contributed by atoms with Crippen molar-refractivity contribution in [3.8, 4) is 0 Å². The van der Waals surface area contributed by atoms with Crippen molar-refractivity contribution in [1.29, 1.82) is 0 Å². The number of allylic oxidation sites excluding steroid dienone is 2. The van der Waals surface area contributed by atoms with Gasteiger partial charge in [-0.3, -0.25) is 0 Å². The number of hydrogen-bond acceptors (Lipinski definition) is 5. The van der Waals surface area contributed by atoms with Crippen LogP contribution >= 0.6 is 8.25 Å². The number of carbonyl (C=O) groups excluding carboxylic acids is 2. The SMILES string of the molecule is C/C(=C\C(=O)O[P+](=O)OC(=O)/C=C(\C)CCC[C@H](C)CCC[C@H](C)CCCC(C)C)CCC[C@H](C)CCC[C@H](C)CCCC(C)C. The van der Waals surface area contributed by atoms with Gasteiger partial charge >= 0.3 is 20.2 Å². The molecule has 0 unspecified atom stereocenters. The zero-order valence-corrected chi connectivity index (χ0v) is 32.7. The summed E-state index contributed by atoms with van der Waals surface area (Å²) >= 11 is 0. The second kappa shape index (κ2) is 27.5. The van der Waals surface area contributed by atoms with Gasteiger partial charge in [-0.1, -0.05) is 156 Å². The van der Waals surface area contributed by atoms with Crippen LogP contribution in [0.25, 0.3) is 0 Å². The van der Waals surface area contributed by atoms with Gasteiger partial charge in [0.05, 0.1) is 0 Å². The Hall–Kier alpha value is -1.48. The molecule has 0 aliphatic rings. The first-order chi connectivity index (χ1) is 21.7. The van der Waals surface area contributed by atoms with Crippen molar-refractivity contribution in [3.63, 3.8) is 0 Å². The molecule has 0 N–H and O–H groups in total. The van der Waals surface area contributed by atoms with E-state index in [1.54, 1.807) is 0 Å². The third kappa shape index (κ3) is 28.7. The highest BCUT2D eigenvalue weighted by atomic mass is 31.1. The molecule has 46 heavy (non-hydrogen) atoms. The van der Waals surface area contributed by atoms with Crippen LogP contribution < -0.4 is 0 Å². The van der Waals surface area contributed by atoms with Crippen LogP contribution in [-0.2, 0) is 23.2 Å². The van der Waals surface area contributed by atoms with E-state index in [1.165, 1.54) is 89.2 Å². The summed E-state index contributed by atoms with van der Waals surface area (Å²) in [6, 6.07) is 0. The van der Waals surface area contributed by atoms with E-state index in [0.29, 0.717) is 11.8 Å². The quantitative estimate of drug-likeness (QED) is 0.0614. The molecule has 0 radical (unpaired) electrons. The van der Waals surface area contributed by atoms with Crippen LogP contribution in [0.15, 0.2) is 23.3 Å². The summed E-state index contributed by atoms with van der Waals surface area (Å²) in [5, 5.41) is 0. The van der Waals surface area contributed by atoms with Crippen molar-refractivity contribution in [2.75, 3.05) is 0 Å². The molecule has 268 valence electrons. The number of hydrogen-bond donors (Lipinski definition) is 0. The van der Waals surface area contributed by atoms with Crippen LogP contribution in [0, 0.1) is 35.5 Å². The third-order valence-electron chi connectivity index (χ3n) is 9.34. The summed E-state index contributed by atoms with van der Waals surface area (Å²) in [6.45, 7) is 22.3. The standard InChI is InChI=1S/C40H74O5P/c1-31(2)17-11-19-33(5)21-13-23-35(7)25-15-27-37(9)29-39(41)44-46(43)45-40(42)30-38(10)28-16-26-36(8)24-14-22-34(6)20-12-18-32(3)4/h29-36H,11-28H2,1-10H3/q+1/b37-29+,38-30+/t33-,34-,35-,36-/m1/s1. The molecule has 6 heteroatoms. The van der Waals surface area contributed by atoms with E-state index in [9.17, 15) is 14.2 Å². The maximum absolute atomic E-state index is 12.2. The third-order valence-corrected chi connectivity index (χ3v) is 10.00. The van der Waals surface area contributed by atoms with Gasteiger partial charge in [-0.25, -0.2) is 9.59 Å². The van der Waals surface area contributed by atoms with E-state index >= 15 is 0 Å². The normalized spacial score (nSPS) is 15.1. The van der Waals surface area contributed by atoms with Crippen molar-refractivity contribution in [3.05, 3.63) is 23.3 Å². The van der Waals surface area contributed by atoms with Gasteiger partial charge in [0.25, 0.3) is 0 Å². The lowest BCUT2D eigenvalue weighted by molar-refractivity contribution is -0.132. The highest BCUT2D eigenvalue weighted by Crippen LogP contribution is 2.27. The fourth-order valence-electron chi connectivity index (χ4n) is 6.18. The molecule has 0 spiro atoms. The molecule has 0 amide bonds. The molecule has 4 atom stereocenters. The summed E-state index contributed by atoms with van der Waals surface area (Å²) in [7, 11) is -2.85. The minimum absolute atomic E-state index is 0.666. The maximum Gasteiger partial charge on any atom is 0.812 e. The number of rotatable bonds is 28. The molecule has 0 saturated heterocycles. The Morgan fingerprint density at radius 1 is 0.478 bits per heavy atom. The average Bonchev–Trinajstić information content (AvgIpc) is 2.92. The van der Waals surface area contributed by atoms with Crippen molar-refractivity contribution < 1.29 is 23.2 Å². The Kier molecular flexibility index (Phi) is 26.6. The lowest BCUT2D eigenvalue weighted by Gasteiger charge is -2.15. The Morgan fingerprint density at radius 2 is 0.739 bits per heavy atom. The first-order valence-corrected chi connectivity index (χ1v) is 20.0. The molecular weight excluding hydrogens is 591 g/mol. The summed E-state index contributed by atoms with van der Waals surface area (Å²) in [5.41, 5.74) is 1.76. The molecule has 0 aromatic carbocycles. The molecule has 0 aliphatic carbocycles. The van der Waals surface area contributed by atoms with Crippen LogP contribution in [-0.4, -0.2) is 11.9 Å². The lowest BCUT2D eigenvalue weighted by Crippen LogP contribution is -2.02. The van der Waals surface area contributed by atoms with Crippen LogP contribution in [0.4, 0.5) is 0 Å². The van der Waals surface area contributed by atoms with Gasteiger partial charge in [0.15, 0.2) is 0 Å². The highest BCUT2D eigenvalue weighted by Gasteiger charge is 2.29. The van der Waals surface area contributed by atoms with E-state index in [4.69, 9.17) is 9.05 Å². The summed E-state index contributed by atoms with van der Waals surface area (Å²) in [6.07, 6.45) is 24.2. The fraction of sp³-hybridized carbons (Fsp3) is 0.850. The molecule has 0 aliphatic heterocycles. The van der Waals surface area contributed by atoms with Crippen molar-refractivity contribution >= 4 is 20.2 Å². The van der Waals surface area contributed by atoms with E-state index in [2.05, 4.69) is 55.4 Å². The van der Waals surface area contributed by atoms with Gasteiger partial charge in [0, 0.05) is 16.7 Å². The molecule has 0 saturated carbocycles. The van der Waals surface area contributed by atoms with Crippen LogP contribution in [0.2, 0.25) is 0 Å². The van der Waals surface area contributed by atoms with E-state index in [1.807, 2.05) is 13.8 Å². The monoisotopic (exact) mass is 666 g/mol. The van der Waals surface area contributed by atoms with Crippen LogP contribution in [0.1, 0.15) is 185 Å². The van der Waals surface area contributed by atoms with Gasteiger partial charge in [0.1, 0.15) is 0 Å². The maximum atomic E-state index is 12.2. The minimum Gasteiger partial charge on any atom is -0.241 e. The fourth-order valence-corrected chi connectivity index (χ4v) is 6.62. The molecule has 0 aromatic heterocycles. The van der Waals surface area contributed by atoms with E-state index in [0.717, 1.165) is 73.3 Å². The van der Waals surface area contributed by atoms with Crippen molar-refractivity contribution in [1.82, 2.24) is 0 Å². The second-order valence-electron chi connectivity index (χ2n) is 15.7. The number of carbonyl (C=O) groups is 2. The van der Waals surface area contributed by atoms with Crippen LogP contribution in [0.3, 0.4) is 0 Å². The van der Waals surface area contributed by atoms with Crippen molar-refractivity contribution in [2.45, 2.75) is 185 Å². The zero-order valence-electron chi connectivity index (χ0n) is 31.8. The van der Waals surface area contributed by atoms with Crippen LogP contribution in [0.5, 0.6) is 0 Å². The largest absolute Gasteiger partial charge is 0.812 e. The molecule has 5 nitrogen and oxygen atoms in total. The Morgan fingerprint density at radius 3 is 1.02 bits per heavy atom. The van der Waals surface area contributed by atoms with Gasteiger partial charge in [-0.05, 0) is 75.0 Å². The Labute approximate surface area is 286 Å². The zero-order chi connectivity index (χ0) is 34.9. The van der Waals surface area contributed by atoms with E-state index in [-0.39, 0.29) is 0 Å². The summed E-state index contributed by atoms with van der Waals surface area (Å²) in [4.78, 5) is 24.4. The smallest absolute Gasteiger partial charge is 0.241 e. The first kappa shape index (κ1) is 44.5. The van der Waals surface area contributed by atoms with E-state index < -0.39 is 20.2 Å². The predicted molar refractivity (Wildman–Crippen MR) is 197 cm³/mol. The summed E-state index contributed by atoms with van der Waals surface area (Å²) in [5.74, 6) is 3.09. The molecule has 0 heterocycles. The summed E-state index contributed by atoms with van der Waals surface area (Å²) < 4.78 is 21.8. The Bertz CT molecular complexity index is 820. The lowest BCUT2D eigenvalue weighted by atomic mass is 9.91. The molecule has 0 bridgehead atoms. The van der Waals surface area contributed by atoms with Gasteiger partial charge in [-0.2, -0.15) is 9.05 Å². The van der Waals surface area contributed by atoms with Gasteiger partial charge < -0.3 is 0 Å². The van der Waals surface area contributed by atoms with Crippen molar-refractivity contribution in [2.24, 2.45) is 35.5 Å². The van der Waals surface area contributed by atoms with Gasteiger partial charge in [-0.15, -0.1) is 0 Å². The molecule has 0 fully saturated rings.